The summed E-state index contributed by atoms with van der Waals surface area (Å²) in [5.74, 6) is -2.98. The zero-order valence-electron chi connectivity index (χ0n) is 27.9. The normalized spacial score (nSPS) is 26.9. The van der Waals surface area contributed by atoms with E-state index in [1.165, 1.54) is 0 Å². The van der Waals surface area contributed by atoms with Crippen molar-refractivity contribution in [3.63, 3.8) is 0 Å². The van der Waals surface area contributed by atoms with Gasteiger partial charge < -0.3 is 29.7 Å². The van der Waals surface area contributed by atoms with Crippen molar-refractivity contribution in [3.05, 3.63) is 61.2 Å². The number of carbonyl (C=O) groups is 4. The van der Waals surface area contributed by atoms with Crippen LogP contribution in [0.5, 0.6) is 0 Å². The van der Waals surface area contributed by atoms with E-state index in [0.29, 0.717) is 38.8 Å². The van der Waals surface area contributed by atoms with Crippen LogP contribution in [0.2, 0.25) is 0 Å². The molecule has 0 saturated carbocycles. The number of rotatable bonds is 17. The molecule has 4 rings (SSSR count). The van der Waals surface area contributed by atoms with Gasteiger partial charge in [0.25, 0.3) is 0 Å². The van der Waals surface area contributed by atoms with Crippen LogP contribution in [0.25, 0.3) is 0 Å². The highest BCUT2D eigenvalue weighted by Crippen LogP contribution is 2.60. The number of allylic oxidation sites excluding steroid dienone is 1. The molecule has 0 aromatic heterocycles. The largest absolute Gasteiger partial charge is 0.463 e. The van der Waals surface area contributed by atoms with E-state index in [1.807, 2.05) is 51.1 Å². The minimum atomic E-state index is -1.19. The van der Waals surface area contributed by atoms with Gasteiger partial charge in [0.2, 0.25) is 17.7 Å². The second kappa shape index (κ2) is 15.9. The second-order valence-electron chi connectivity index (χ2n) is 13.7. The Balaban J connectivity index is 1.66. The van der Waals surface area contributed by atoms with Crippen molar-refractivity contribution < 1.29 is 33.8 Å². The van der Waals surface area contributed by atoms with Crippen LogP contribution in [0.4, 0.5) is 0 Å². The van der Waals surface area contributed by atoms with Crippen LogP contribution in [0.1, 0.15) is 77.3 Å². The lowest BCUT2D eigenvalue weighted by Gasteiger charge is -2.42. The molecule has 2 N–H and O–H groups in total. The molecule has 10 nitrogen and oxygen atoms in total. The second-order valence-corrected chi connectivity index (χ2v) is 14.9. The molecular formula is C36H50BrN3O7. The van der Waals surface area contributed by atoms with Crippen LogP contribution in [0.3, 0.4) is 0 Å². The molecule has 3 aliphatic heterocycles. The van der Waals surface area contributed by atoms with Crippen molar-refractivity contribution in [2.45, 2.75) is 99.9 Å². The smallest absolute Gasteiger partial charge is 0.306 e. The Labute approximate surface area is 287 Å². The number of benzene rings is 1. The highest BCUT2D eigenvalue weighted by Gasteiger charge is 2.76. The van der Waals surface area contributed by atoms with Crippen LogP contribution < -0.4 is 5.32 Å². The van der Waals surface area contributed by atoms with Gasteiger partial charge in [0.05, 0.1) is 24.0 Å². The highest BCUT2D eigenvalue weighted by atomic mass is 79.9. The lowest BCUT2D eigenvalue weighted by atomic mass is 9.70. The average molecular weight is 717 g/mol. The molecule has 1 aromatic rings. The molecule has 3 aliphatic rings. The summed E-state index contributed by atoms with van der Waals surface area (Å²) in [5, 5.41) is 12.3. The summed E-state index contributed by atoms with van der Waals surface area (Å²) in [4.78, 5) is 58.8. The van der Waals surface area contributed by atoms with Crippen LogP contribution in [0, 0.1) is 11.8 Å². The molecule has 258 valence electrons. The number of nitrogens with one attached hydrogen (secondary N) is 1. The number of fused-ring (bicyclic) bond motifs is 1. The summed E-state index contributed by atoms with van der Waals surface area (Å²) < 4.78 is 12.3. The van der Waals surface area contributed by atoms with Gasteiger partial charge in [-0.25, -0.2) is 0 Å². The number of hydrogen-bond donors (Lipinski definition) is 2. The number of nitrogens with zero attached hydrogens (tertiary/aromatic N) is 2. The third-order valence-corrected chi connectivity index (χ3v) is 10.3. The molecule has 3 saturated heterocycles. The number of aliphatic hydroxyl groups is 1. The molecule has 7 atom stereocenters. The predicted octanol–water partition coefficient (Wildman–Crippen LogP) is 4.47. The van der Waals surface area contributed by atoms with E-state index in [0.717, 1.165) is 18.4 Å². The Morgan fingerprint density at radius 2 is 1.87 bits per heavy atom. The SMILES string of the molecule is C=CCCC(=O)OC[C@@H](NC(=O)[C@H]1[C@@H]2O[C@@]3(CC2Br)[C@@H]1C(=O)N(CCCCCCO)[C@@H]3C(=O)N(CC=C)C(C)(C)C)c1ccccc1. The minimum absolute atomic E-state index is 0.0748. The fourth-order valence-electron chi connectivity index (χ4n) is 7.31. The summed E-state index contributed by atoms with van der Waals surface area (Å²) in [7, 11) is 0. The third-order valence-electron chi connectivity index (χ3n) is 9.50. The zero-order valence-corrected chi connectivity index (χ0v) is 29.5. The summed E-state index contributed by atoms with van der Waals surface area (Å²) in [5.41, 5.74) is -0.986. The van der Waals surface area contributed by atoms with Crippen LogP contribution in [0.15, 0.2) is 55.6 Å². The predicted molar refractivity (Wildman–Crippen MR) is 182 cm³/mol. The fraction of sp³-hybridized carbons (Fsp3) is 0.611. The van der Waals surface area contributed by atoms with Gasteiger partial charge in [0.15, 0.2) is 0 Å². The van der Waals surface area contributed by atoms with E-state index in [-0.39, 0.29) is 42.2 Å². The van der Waals surface area contributed by atoms with E-state index in [1.54, 1.807) is 22.0 Å². The molecular weight excluding hydrogens is 666 g/mol. The van der Waals surface area contributed by atoms with Crippen molar-refractivity contribution in [1.82, 2.24) is 15.1 Å². The Morgan fingerprint density at radius 3 is 2.51 bits per heavy atom. The molecule has 47 heavy (non-hydrogen) atoms. The number of amides is 3. The first-order valence-electron chi connectivity index (χ1n) is 16.7. The number of likely N-dealkylation sites (tertiary alicyclic amines) is 1. The van der Waals surface area contributed by atoms with E-state index in [4.69, 9.17) is 9.47 Å². The van der Waals surface area contributed by atoms with Crippen molar-refractivity contribution in [2.24, 2.45) is 11.8 Å². The summed E-state index contributed by atoms with van der Waals surface area (Å²) in [6, 6.07) is 7.69. The standard InChI is InChI=1S/C36H50BrN3O7/c1-6-8-18-27(42)46-23-26(24-16-12-11-13-17-24)38-32(43)28-29-33(44)39(20-14-9-10-15-21-41)31(36(29)22-25(37)30(28)47-36)34(45)40(19-7-2)35(3,4)5/h6-7,11-13,16-17,25-26,28-31,41H,1-2,8-10,14-15,18-23H2,3-5H3,(H,38,43)/t25?,26-,28-,29+,30-,31-,36+/m1/s1. The van der Waals surface area contributed by atoms with Crippen molar-refractivity contribution >= 4 is 39.6 Å². The molecule has 3 fully saturated rings. The molecule has 1 spiro atoms. The summed E-state index contributed by atoms with van der Waals surface area (Å²) >= 11 is 3.75. The molecule has 3 amide bonds. The zero-order chi connectivity index (χ0) is 34.4. The fourth-order valence-corrected chi connectivity index (χ4v) is 8.25. The number of carbonyl (C=O) groups excluding carboxylic acids is 4. The Hall–Kier alpha value is -3.02. The van der Waals surface area contributed by atoms with Crippen LogP contribution >= 0.6 is 15.9 Å². The van der Waals surface area contributed by atoms with E-state index in [2.05, 4.69) is 34.4 Å². The number of aliphatic hydroxyl groups excluding tert-OH is 1. The Bertz CT molecular complexity index is 1300. The van der Waals surface area contributed by atoms with E-state index in [9.17, 15) is 24.3 Å². The molecule has 2 bridgehead atoms. The number of esters is 1. The third kappa shape index (κ3) is 7.84. The van der Waals surface area contributed by atoms with Crippen LogP contribution in [-0.2, 0) is 28.7 Å². The number of alkyl halides is 1. The molecule has 1 aromatic carbocycles. The average Bonchev–Trinajstić information content (AvgIpc) is 3.63. The van der Waals surface area contributed by atoms with Gasteiger partial charge in [0, 0.05) is 36.5 Å². The molecule has 3 heterocycles. The van der Waals surface area contributed by atoms with Crippen molar-refractivity contribution in [1.29, 1.82) is 0 Å². The Kier molecular flexibility index (Phi) is 12.5. The minimum Gasteiger partial charge on any atom is -0.463 e. The lowest BCUT2D eigenvalue weighted by molar-refractivity contribution is -0.151. The maximum Gasteiger partial charge on any atom is 0.306 e. The van der Waals surface area contributed by atoms with Gasteiger partial charge >= 0.3 is 5.97 Å². The quantitative estimate of drug-likeness (QED) is 0.106. The van der Waals surface area contributed by atoms with Gasteiger partial charge in [0.1, 0.15) is 18.2 Å². The first kappa shape index (κ1) is 36.8. The summed E-state index contributed by atoms with van der Waals surface area (Å²) in [6.07, 6.45) is 6.70. The Morgan fingerprint density at radius 1 is 1.17 bits per heavy atom. The van der Waals surface area contributed by atoms with Gasteiger partial charge in [-0.1, -0.05) is 71.3 Å². The van der Waals surface area contributed by atoms with Crippen molar-refractivity contribution in [3.8, 4) is 0 Å². The van der Waals surface area contributed by atoms with E-state index >= 15 is 0 Å². The molecule has 1 unspecified atom stereocenters. The topological polar surface area (TPSA) is 125 Å². The summed E-state index contributed by atoms with van der Waals surface area (Å²) in [6.45, 7) is 14.0. The maximum absolute atomic E-state index is 14.6. The highest BCUT2D eigenvalue weighted by molar-refractivity contribution is 9.09. The first-order chi connectivity index (χ1) is 22.4. The number of halogens is 1. The van der Waals surface area contributed by atoms with Gasteiger partial charge in [-0.3, -0.25) is 19.2 Å². The number of unbranched alkanes of at least 4 members (excludes halogenated alkanes) is 3. The monoisotopic (exact) mass is 715 g/mol. The molecule has 0 aliphatic carbocycles. The number of ether oxygens (including phenoxy) is 2. The van der Waals surface area contributed by atoms with Gasteiger partial charge in [-0.2, -0.15) is 0 Å². The van der Waals surface area contributed by atoms with Crippen LogP contribution in [-0.4, -0.2) is 93.0 Å². The maximum atomic E-state index is 14.6. The van der Waals surface area contributed by atoms with Crippen molar-refractivity contribution in [2.75, 3.05) is 26.3 Å². The number of hydrogen-bond acceptors (Lipinski definition) is 7. The lowest BCUT2D eigenvalue weighted by Crippen LogP contribution is -2.60. The first-order valence-corrected chi connectivity index (χ1v) is 17.6. The van der Waals surface area contributed by atoms with E-state index < -0.39 is 47.1 Å². The van der Waals surface area contributed by atoms with Gasteiger partial charge in [-0.15, -0.1) is 13.2 Å². The molecule has 11 heteroatoms. The molecule has 0 radical (unpaired) electrons. The van der Waals surface area contributed by atoms with Gasteiger partial charge in [-0.05, 0) is 52.0 Å².